The summed E-state index contributed by atoms with van der Waals surface area (Å²) in [5.74, 6) is -3.22. The molecule has 0 aliphatic carbocycles. The van der Waals surface area contributed by atoms with Crippen LogP contribution in [0.1, 0.15) is 11.3 Å². The van der Waals surface area contributed by atoms with Gasteiger partial charge in [-0.15, -0.1) is 5.10 Å². The minimum Gasteiger partial charge on any atom is -0.389 e. The first kappa shape index (κ1) is 14.5. The highest BCUT2D eigenvalue weighted by Gasteiger charge is 2.37. The monoisotopic (exact) mass is 283 g/mol. The molecule has 0 fully saturated rings. The van der Waals surface area contributed by atoms with Crippen LogP contribution >= 0.6 is 0 Å². The molecule has 0 spiro atoms. The largest absolute Gasteiger partial charge is 0.389 e. The molecule has 0 aliphatic rings. The maximum absolute atomic E-state index is 14.2. The predicted molar refractivity (Wildman–Crippen MR) is 67.3 cm³/mol. The van der Waals surface area contributed by atoms with Crippen LogP contribution in [0.25, 0.3) is 0 Å². The van der Waals surface area contributed by atoms with E-state index in [-0.39, 0.29) is 18.7 Å². The molecule has 1 aromatic heterocycles. The Morgan fingerprint density at radius 2 is 2.05 bits per heavy atom. The van der Waals surface area contributed by atoms with Crippen molar-refractivity contribution in [1.82, 2.24) is 15.0 Å². The highest BCUT2D eigenvalue weighted by atomic mass is 19.3. The van der Waals surface area contributed by atoms with Crippen LogP contribution in [0.15, 0.2) is 36.5 Å². The van der Waals surface area contributed by atoms with Gasteiger partial charge < -0.3 is 9.84 Å². The summed E-state index contributed by atoms with van der Waals surface area (Å²) in [4.78, 5) is 0. The van der Waals surface area contributed by atoms with Crippen LogP contribution in [-0.2, 0) is 17.2 Å². The van der Waals surface area contributed by atoms with E-state index in [2.05, 4.69) is 10.3 Å². The molecule has 1 aromatic carbocycles. The number of halogens is 2. The van der Waals surface area contributed by atoms with Crippen molar-refractivity contribution in [3.8, 4) is 0 Å². The minimum absolute atomic E-state index is 0.0473. The first-order valence-electron chi connectivity index (χ1n) is 6.05. The van der Waals surface area contributed by atoms with Crippen molar-refractivity contribution >= 4 is 0 Å². The summed E-state index contributed by atoms with van der Waals surface area (Å²) in [6.07, 6.45) is 0.311. The zero-order valence-corrected chi connectivity index (χ0v) is 10.9. The van der Waals surface area contributed by atoms with Crippen LogP contribution in [0.4, 0.5) is 8.78 Å². The van der Waals surface area contributed by atoms with Crippen molar-refractivity contribution < 1.29 is 18.6 Å². The van der Waals surface area contributed by atoms with Gasteiger partial charge in [0.2, 0.25) is 0 Å². The fourth-order valence-corrected chi connectivity index (χ4v) is 1.79. The van der Waals surface area contributed by atoms with Gasteiger partial charge in [-0.1, -0.05) is 35.5 Å². The molecule has 0 aliphatic heterocycles. The molecule has 2 rings (SSSR count). The molecule has 0 saturated heterocycles. The maximum atomic E-state index is 14.2. The number of aromatic nitrogens is 3. The Morgan fingerprint density at radius 3 is 2.70 bits per heavy atom. The summed E-state index contributed by atoms with van der Waals surface area (Å²) in [6, 6.07) is 7.40. The van der Waals surface area contributed by atoms with Crippen LogP contribution < -0.4 is 0 Å². The Bertz CT molecular complexity index is 546. The van der Waals surface area contributed by atoms with Gasteiger partial charge in [0.15, 0.2) is 5.69 Å². The van der Waals surface area contributed by atoms with Gasteiger partial charge in [0.25, 0.3) is 0 Å². The normalized spacial score (nSPS) is 13.4. The summed E-state index contributed by atoms with van der Waals surface area (Å²) < 4.78 is 34.3. The summed E-state index contributed by atoms with van der Waals surface area (Å²) in [5.41, 5.74) is -0.599. The van der Waals surface area contributed by atoms with Gasteiger partial charge in [0.1, 0.15) is 0 Å². The second-order valence-corrected chi connectivity index (χ2v) is 4.38. The highest BCUT2D eigenvalue weighted by molar-refractivity contribution is 5.27. The second kappa shape index (κ2) is 6.06. The van der Waals surface area contributed by atoms with E-state index in [1.54, 1.807) is 6.07 Å². The summed E-state index contributed by atoms with van der Waals surface area (Å²) in [7, 11) is 1.44. The molecule has 0 bridgehead atoms. The molecule has 108 valence electrons. The predicted octanol–water partition coefficient (Wildman–Crippen LogP) is 1.43. The zero-order valence-electron chi connectivity index (χ0n) is 10.9. The van der Waals surface area contributed by atoms with Crippen LogP contribution in [0.5, 0.6) is 0 Å². The van der Waals surface area contributed by atoms with Crippen molar-refractivity contribution in [2.45, 2.75) is 18.6 Å². The van der Waals surface area contributed by atoms with Gasteiger partial charge in [-0.05, 0) is 0 Å². The maximum Gasteiger partial charge on any atom is 0.318 e. The molecule has 2 aromatic rings. The number of rotatable bonds is 6. The smallest absolute Gasteiger partial charge is 0.318 e. The number of hydrogen-bond donors (Lipinski definition) is 1. The van der Waals surface area contributed by atoms with E-state index < -0.39 is 17.7 Å². The van der Waals surface area contributed by atoms with E-state index in [1.165, 1.54) is 36.1 Å². The molecular weight excluding hydrogens is 268 g/mol. The standard InChI is InChI=1S/C13H15F2N3O2/c1-20-9-11(19)7-18-8-12(16-17-18)13(14,15)10-5-3-2-4-6-10/h2-6,8,11,19H,7,9H2,1H3/t11-/m1/s1. The van der Waals surface area contributed by atoms with Gasteiger partial charge in [-0.25, -0.2) is 4.68 Å². The third kappa shape index (κ3) is 3.17. The number of nitrogens with zero attached hydrogens (tertiary/aromatic N) is 3. The average Bonchev–Trinajstić information content (AvgIpc) is 2.89. The van der Waals surface area contributed by atoms with Gasteiger partial charge in [-0.3, -0.25) is 0 Å². The first-order chi connectivity index (χ1) is 9.54. The number of benzene rings is 1. The molecule has 5 nitrogen and oxygen atoms in total. The van der Waals surface area contributed by atoms with Gasteiger partial charge in [0.05, 0.1) is 25.5 Å². The van der Waals surface area contributed by atoms with Crippen molar-refractivity contribution in [1.29, 1.82) is 0 Å². The first-order valence-corrected chi connectivity index (χ1v) is 6.05. The number of aliphatic hydroxyl groups is 1. The van der Waals surface area contributed by atoms with E-state index in [9.17, 15) is 13.9 Å². The van der Waals surface area contributed by atoms with E-state index >= 15 is 0 Å². The average molecular weight is 283 g/mol. The molecule has 7 heteroatoms. The molecule has 0 saturated carbocycles. The van der Waals surface area contributed by atoms with E-state index in [4.69, 9.17) is 4.74 Å². The highest BCUT2D eigenvalue weighted by Crippen LogP contribution is 2.33. The third-order valence-corrected chi connectivity index (χ3v) is 2.75. The third-order valence-electron chi connectivity index (χ3n) is 2.75. The number of aliphatic hydroxyl groups excluding tert-OH is 1. The Hall–Kier alpha value is -1.86. The number of ether oxygens (including phenoxy) is 1. The lowest BCUT2D eigenvalue weighted by Crippen LogP contribution is -2.21. The van der Waals surface area contributed by atoms with E-state index in [0.717, 1.165) is 6.20 Å². The van der Waals surface area contributed by atoms with Gasteiger partial charge in [-0.2, -0.15) is 8.78 Å². The SMILES string of the molecule is COC[C@H](O)Cn1cc(C(F)(F)c2ccccc2)nn1. The lowest BCUT2D eigenvalue weighted by Gasteiger charge is -2.13. The van der Waals surface area contributed by atoms with Gasteiger partial charge in [0, 0.05) is 12.7 Å². The van der Waals surface area contributed by atoms with Crippen LogP contribution in [0.2, 0.25) is 0 Å². The Morgan fingerprint density at radius 1 is 1.35 bits per heavy atom. The molecular formula is C13H15F2N3O2. The van der Waals surface area contributed by atoms with E-state index in [1.807, 2.05) is 0 Å². The quantitative estimate of drug-likeness (QED) is 0.871. The summed E-state index contributed by atoms with van der Waals surface area (Å²) in [5, 5.41) is 16.6. The van der Waals surface area contributed by atoms with Crippen molar-refractivity contribution in [2.75, 3.05) is 13.7 Å². The van der Waals surface area contributed by atoms with E-state index in [0.29, 0.717) is 0 Å². The lowest BCUT2D eigenvalue weighted by atomic mass is 10.1. The van der Waals surface area contributed by atoms with Crippen LogP contribution in [-0.4, -0.2) is 39.9 Å². The number of methoxy groups -OCH3 is 1. The topological polar surface area (TPSA) is 60.2 Å². The molecule has 1 N–H and O–H groups in total. The fraction of sp³-hybridized carbons (Fsp3) is 0.385. The van der Waals surface area contributed by atoms with Gasteiger partial charge >= 0.3 is 5.92 Å². The summed E-state index contributed by atoms with van der Waals surface area (Å²) >= 11 is 0. The summed E-state index contributed by atoms with van der Waals surface area (Å²) in [6.45, 7) is 0.149. The fourth-order valence-electron chi connectivity index (χ4n) is 1.79. The lowest BCUT2D eigenvalue weighted by molar-refractivity contribution is 0.0375. The molecule has 0 unspecified atom stereocenters. The second-order valence-electron chi connectivity index (χ2n) is 4.38. The molecule has 0 radical (unpaired) electrons. The van der Waals surface area contributed by atoms with Crippen molar-refractivity contribution in [3.63, 3.8) is 0 Å². The molecule has 1 heterocycles. The van der Waals surface area contributed by atoms with Crippen LogP contribution in [0.3, 0.4) is 0 Å². The van der Waals surface area contributed by atoms with Crippen molar-refractivity contribution in [3.05, 3.63) is 47.8 Å². The van der Waals surface area contributed by atoms with Crippen molar-refractivity contribution in [2.24, 2.45) is 0 Å². The molecule has 0 amide bonds. The Balaban J connectivity index is 2.16. The zero-order chi connectivity index (χ0) is 14.6. The Labute approximate surface area is 114 Å². The minimum atomic E-state index is -3.22. The number of alkyl halides is 2. The molecule has 1 atom stereocenters. The Kier molecular flexibility index (Phi) is 4.41. The van der Waals surface area contributed by atoms with Crippen LogP contribution in [0, 0.1) is 0 Å². The number of hydrogen-bond acceptors (Lipinski definition) is 4. The molecule has 20 heavy (non-hydrogen) atoms.